The molecule has 3 aromatic rings. The van der Waals surface area contributed by atoms with E-state index in [4.69, 9.17) is 14.2 Å². The number of likely N-dealkylation sites (tertiary alicyclic amines) is 1. The van der Waals surface area contributed by atoms with Crippen LogP contribution in [0.5, 0.6) is 5.75 Å². The number of carbonyl (C=O) groups excluding carboxylic acids is 2. The van der Waals surface area contributed by atoms with E-state index in [1.807, 2.05) is 40.1 Å². The van der Waals surface area contributed by atoms with Gasteiger partial charge in [0, 0.05) is 43.7 Å². The fourth-order valence-corrected chi connectivity index (χ4v) is 5.26. The number of carbonyl (C=O) groups is 2. The van der Waals surface area contributed by atoms with Crippen molar-refractivity contribution in [3.63, 3.8) is 0 Å². The van der Waals surface area contributed by atoms with Gasteiger partial charge in [-0.25, -0.2) is 23.9 Å². The average molecular weight is 580 g/mol. The number of benzene rings is 1. The van der Waals surface area contributed by atoms with E-state index in [-0.39, 0.29) is 30.1 Å². The maximum atomic E-state index is 15.9. The minimum atomic E-state index is -0.809. The number of ether oxygens (including phenoxy) is 3. The highest BCUT2D eigenvalue weighted by Crippen LogP contribution is 2.45. The number of pyridine rings is 1. The summed E-state index contributed by atoms with van der Waals surface area (Å²) in [6.07, 6.45) is 5.36. The normalized spacial score (nSPS) is 15.8. The molecule has 10 nitrogen and oxygen atoms in total. The zero-order valence-corrected chi connectivity index (χ0v) is 25.2. The average Bonchev–Trinajstić information content (AvgIpc) is 3.24. The van der Waals surface area contributed by atoms with Crippen molar-refractivity contribution in [1.29, 1.82) is 0 Å². The van der Waals surface area contributed by atoms with E-state index in [0.717, 1.165) is 11.1 Å². The van der Waals surface area contributed by atoms with Crippen LogP contribution in [0.25, 0.3) is 11.1 Å². The van der Waals surface area contributed by atoms with E-state index in [1.165, 1.54) is 11.0 Å². The smallest absolute Gasteiger partial charge is 0.420 e. The number of rotatable bonds is 2. The minimum absolute atomic E-state index is 0.00968. The Labute approximate surface area is 245 Å². The van der Waals surface area contributed by atoms with Gasteiger partial charge in [0.1, 0.15) is 23.6 Å². The molecule has 0 spiro atoms. The van der Waals surface area contributed by atoms with Gasteiger partial charge < -0.3 is 19.1 Å². The van der Waals surface area contributed by atoms with Crippen LogP contribution in [-0.4, -0.2) is 56.1 Å². The van der Waals surface area contributed by atoms with Crippen LogP contribution in [0.2, 0.25) is 0 Å². The van der Waals surface area contributed by atoms with E-state index in [1.54, 1.807) is 48.8 Å². The van der Waals surface area contributed by atoms with E-state index in [2.05, 4.69) is 10.1 Å². The molecule has 2 aliphatic rings. The topological polar surface area (TPSA) is 99.0 Å². The van der Waals surface area contributed by atoms with Crippen LogP contribution in [0.3, 0.4) is 0 Å². The summed E-state index contributed by atoms with van der Waals surface area (Å²) in [5.41, 5.74) is 1.73. The quantitative estimate of drug-likeness (QED) is 0.333. The summed E-state index contributed by atoms with van der Waals surface area (Å²) in [5, 5.41) is 4.28. The van der Waals surface area contributed by atoms with Gasteiger partial charge in [0.05, 0.1) is 11.9 Å². The van der Waals surface area contributed by atoms with Gasteiger partial charge >= 0.3 is 12.2 Å². The summed E-state index contributed by atoms with van der Waals surface area (Å²) in [6.45, 7) is 11.8. The summed E-state index contributed by atoms with van der Waals surface area (Å²) in [4.78, 5) is 33.9. The summed E-state index contributed by atoms with van der Waals surface area (Å²) in [5.74, 6) is -0.366. The van der Waals surface area contributed by atoms with Crippen LogP contribution in [0.15, 0.2) is 36.8 Å². The molecule has 0 atom stereocenters. The van der Waals surface area contributed by atoms with Gasteiger partial charge in [0.25, 0.3) is 0 Å². The Balaban J connectivity index is 1.53. The number of hydrogen-bond acceptors (Lipinski definition) is 7. The monoisotopic (exact) mass is 579 g/mol. The molecule has 0 bridgehead atoms. The Morgan fingerprint density at radius 3 is 2.31 bits per heavy atom. The van der Waals surface area contributed by atoms with Crippen LogP contribution in [-0.2, 0) is 23.1 Å². The number of aromatic nitrogens is 3. The Kier molecular flexibility index (Phi) is 7.63. The SMILES string of the molecule is Cn1cc(-c2ccnc3c2COc2c(F)cc(C4CCN(C(=O)OC(C)(C)C)CC4)cc2N3C(=O)OC(C)(C)C)cn1. The molecule has 0 unspecified atom stereocenters. The summed E-state index contributed by atoms with van der Waals surface area (Å²) >= 11 is 0. The third-order valence-electron chi connectivity index (χ3n) is 7.10. The first kappa shape index (κ1) is 29.3. The van der Waals surface area contributed by atoms with Crippen LogP contribution >= 0.6 is 0 Å². The van der Waals surface area contributed by atoms with Crippen LogP contribution in [0.4, 0.5) is 25.5 Å². The molecule has 2 amide bonds. The molecular formula is C31H38FN5O5. The number of piperidine rings is 1. The zero-order chi connectivity index (χ0) is 30.4. The molecule has 1 saturated heterocycles. The molecular weight excluding hydrogens is 541 g/mol. The van der Waals surface area contributed by atoms with Crippen LogP contribution in [0, 0.1) is 5.82 Å². The van der Waals surface area contributed by atoms with Crippen molar-refractivity contribution in [2.45, 2.75) is 78.1 Å². The van der Waals surface area contributed by atoms with Crippen LogP contribution < -0.4 is 9.64 Å². The molecule has 0 saturated carbocycles. The van der Waals surface area contributed by atoms with Crippen molar-refractivity contribution in [2.24, 2.45) is 7.05 Å². The number of fused-ring (bicyclic) bond motifs is 2. The first-order chi connectivity index (χ1) is 19.7. The molecule has 2 aliphatic heterocycles. The van der Waals surface area contributed by atoms with Gasteiger partial charge in [0.2, 0.25) is 0 Å². The number of hydrogen-bond donors (Lipinski definition) is 0. The first-order valence-electron chi connectivity index (χ1n) is 14.1. The van der Waals surface area contributed by atoms with Gasteiger partial charge in [-0.05, 0) is 89.6 Å². The highest BCUT2D eigenvalue weighted by atomic mass is 19.1. The van der Waals surface area contributed by atoms with Gasteiger partial charge in [-0.3, -0.25) is 4.68 Å². The number of nitrogens with zero attached hydrogens (tertiary/aromatic N) is 5. The summed E-state index contributed by atoms with van der Waals surface area (Å²) in [6, 6.07) is 5.07. The predicted octanol–water partition coefficient (Wildman–Crippen LogP) is 6.70. The standard InChI is InChI=1S/C31H38FN5O5/c1-30(2,3)41-28(38)36-12-9-19(10-13-36)20-14-24(32)26-25(15-20)37(29(39)42-31(4,5)6)27-23(18-40-26)22(8-11-33-27)21-16-34-35(7)17-21/h8,11,14-17,19H,9-10,12-13,18H2,1-7H3. The molecule has 224 valence electrons. The molecule has 5 rings (SSSR count). The second-order valence-corrected chi connectivity index (χ2v) is 12.8. The number of anilines is 2. The molecule has 11 heteroatoms. The Morgan fingerprint density at radius 2 is 1.69 bits per heavy atom. The van der Waals surface area contributed by atoms with Crippen molar-refractivity contribution >= 4 is 23.7 Å². The highest BCUT2D eigenvalue weighted by Gasteiger charge is 2.36. The lowest BCUT2D eigenvalue weighted by molar-refractivity contribution is 0.0204. The maximum Gasteiger partial charge on any atom is 0.420 e. The molecule has 1 fully saturated rings. The predicted molar refractivity (Wildman–Crippen MR) is 155 cm³/mol. The van der Waals surface area contributed by atoms with Gasteiger partial charge in [0.15, 0.2) is 11.6 Å². The number of aryl methyl sites for hydroxylation is 1. The number of halogens is 1. The fraction of sp³-hybridized carbons (Fsp3) is 0.484. The van der Waals surface area contributed by atoms with Crippen molar-refractivity contribution < 1.29 is 28.2 Å². The van der Waals surface area contributed by atoms with E-state index in [0.29, 0.717) is 42.9 Å². The van der Waals surface area contributed by atoms with Crippen molar-refractivity contribution in [3.05, 3.63) is 53.7 Å². The Morgan fingerprint density at radius 1 is 1.02 bits per heavy atom. The molecule has 0 aliphatic carbocycles. The lowest BCUT2D eigenvalue weighted by Gasteiger charge is -2.34. The zero-order valence-electron chi connectivity index (χ0n) is 25.2. The summed E-state index contributed by atoms with van der Waals surface area (Å²) in [7, 11) is 1.82. The maximum absolute atomic E-state index is 15.9. The molecule has 2 aromatic heterocycles. The van der Waals surface area contributed by atoms with E-state index >= 15 is 4.39 Å². The first-order valence-corrected chi connectivity index (χ1v) is 14.1. The second kappa shape index (κ2) is 10.9. The van der Waals surface area contributed by atoms with E-state index in [9.17, 15) is 9.59 Å². The Hall–Kier alpha value is -4.15. The number of amides is 2. The molecule has 0 N–H and O–H groups in total. The van der Waals surface area contributed by atoms with Gasteiger partial charge in [-0.2, -0.15) is 5.10 Å². The van der Waals surface area contributed by atoms with Crippen molar-refractivity contribution in [2.75, 3.05) is 18.0 Å². The van der Waals surface area contributed by atoms with Crippen molar-refractivity contribution in [3.8, 4) is 16.9 Å². The van der Waals surface area contributed by atoms with Crippen LogP contribution in [0.1, 0.15) is 71.4 Å². The fourth-order valence-electron chi connectivity index (χ4n) is 5.26. The van der Waals surface area contributed by atoms with Crippen molar-refractivity contribution in [1.82, 2.24) is 19.7 Å². The molecule has 1 aromatic carbocycles. The third kappa shape index (κ3) is 6.19. The second-order valence-electron chi connectivity index (χ2n) is 12.8. The van der Waals surface area contributed by atoms with E-state index < -0.39 is 23.1 Å². The summed E-state index contributed by atoms with van der Waals surface area (Å²) < 4.78 is 34.9. The highest BCUT2D eigenvalue weighted by molar-refractivity contribution is 5.99. The lowest BCUT2D eigenvalue weighted by atomic mass is 9.89. The minimum Gasteiger partial charge on any atom is -0.483 e. The largest absolute Gasteiger partial charge is 0.483 e. The molecule has 4 heterocycles. The lowest BCUT2D eigenvalue weighted by Crippen LogP contribution is -2.41. The Bertz CT molecular complexity index is 1500. The van der Waals surface area contributed by atoms with Gasteiger partial charge in [-0.15, -0.1) is 0 Å². The third-order valence-corrected chi connectivity index (χ3v) is 7.10. The molecule has 42 heavy (non-hydrogen) atoms. The van der Waals surface area contributed by atoms with Gasteiger partial charge in [-0.1, -0.05) is 0 Å². The molecule has 0 radical (unpaired) electrons.